The van der Waals surface area contributed by atoms with Gasteiger partial charge in [0.25, 0.3) is 0 Å². The van der Waals surface area contributed by atoms with Crippen molar-refractivity contribution in [3.05, 3.63) is 84.7 Å². The van der Waals surface area contributed by atoms with E-state index in [0.29, 0.717) is 0 Å². The molecular weight excluding hydrogens is 344 g/mol. The fourth-order valence-corrected chi connectivity index (χ4v) is 4.11. The molecule has 0 saturated carbocycles. The van der Waals surface area contributed by atoms with Gasteiger partial charge < -0.3 is 4.42 Å². The number of aromatic nitrogens is 2. The quantitative estimate of drug-likeness (QED) is 0.329. The van der Waals surface area contributed by atoms with Crippen molar-refractivity contribution >= 4 is 43.6 Å². The van der Waals surface area contributed by atoms with E-state index in [4.69, 9.17) is 9.40 Å². The summed E-state index contributed by atoms with van der Waals surface area (Å²) in [6.07, 6.45) is 0. The average Bonchev–Trinajstić information content (AvgIpc) is 3.09. The molecule has 2 aromatic heterocycles. The molecule has 0 saturated heterocycles. The number of benzene rings is 4. The van der Waals surface area contributed by atoms with Gasteiger partial charge in [-0.15, -0.1) is 0 Å². The lowest BCUT2D eigenvalue weighted by Crippen LogP contribution is -1.94. The van der Waals surface area contributed by atoms with E-state index in [0.717, 1.165) is 49.9 Å². The van der Waals surface area contributed by atoms with Gasteiger partial charge in [-0.3, -0.25) is 0 Å². The molecular formula is C25H16N2O. The molecule has 0 aliphatic carbocycles. The van der Waals surface area contributed by atoms with Crippen molar-refractivity contribution in [1.82, 2.24) is 9.97 Å². The van der Waals surface area contributed by atoms with Crippen molar-refractivity contribution in [2.75, 3.05) is 0 Å². The van der Waals surface area contributed by atoms with Gasteiger partial charge in [-0.1, -0.05) is 54.6 Å². The fourth-order valence-electron chi connectivity index (χ4n) is 4.11. The van der Waals surface area contributed by atoms with Gasteiger partial charge in [0.1, 0.15) is 17.0 Å². The van der Waals surface area contributed by atoms with E-state index in [1.54, 1.807) is 0 Å². The molecule has 0 atom stereocenters. The number of furan rings is 1. The second-order valence-corrected chi connectivity index (χ2v) is 7.11. The molecule has 6 rings (SSSR count). The van der Waals surface area contributed by atoms with Crippen LogP contribution in [0.15, 0.2) is 83.3 Å². The summed E-state index contributed by atoms with van der Waals surface area (Å²) in [6, 6.07) is 27.1. The Kier molecular flexibility index (Phi) is 3.09. The highest BCUT2D eigenvalue weighted by Crippen LogP contribution is 2.39. The van der Waals surface area contributed by atoms with Crippen LogP contribution in [-0.4, -0.2) is 9.97 Å². The van der Waals surface area contributed by atoms with E-state index >= 15 is 0 Å². The molecule has 132 valence electrons. The van der Waals surface area contributed by atoms with Gasteiger partial charge in [0.15, 0.2) is 0 Å². The van der Waals surface area contributed by atoms with Crippen LogP contribution < -0.4 is 0 Å². The molecule has 6 aromatic rings. The summed E-state index contributed by atoms with van der Waals surface area (Å²) in [7, 11) is 0. The van der Waals surface area contributed by atoms with Crippen LogP contribution in [0.2, 0.25) is 0 Å². The highest BCUT2D eigenvalue weighted by molar-refractivity contribution is 6.16. The van der Waals surface area contributed by atoms with Crippen molar-refractivity contribution in [1.29, 1.82) is 0 Å². The van der Waals surface area contributed by atoms with Crippen LogP contribution in [0, 0.1) is 6.92 Å². The molecule has 0 fully saturated rings. The van der Waals surface area contributed by atoms with E-state index in [9.17, 15) is 0 Å². The zero-order valence-electron chi connectivity index (χ0n) is 15.3. The maximum Gasteiger partial charge on any atom is 0.136 e. The van der Waals surface area contributed by atoms with Crippen molar-refractivity contribution in [3.8, 4) is 11.3 Å². The third-order valence-electron chi connectivity index (χ3n) is 5.33. The molecule has 28 heavy (non-hydrogen) atoms. The van der Waals surface area contributed by atoms with E-state index < -0.39 is 0 Å². The second kappa shape index (κ2) is 5.64. The fraction of sp³-hybridized carbons (Fsp3) is 0.0400. The summed E-state index contributed by atoms with van der Waals surface area (Å²) >= 11 is 0. The van der Waals surface area contributed by atoms with Crippen LogP contribution in [0.25, 0.3) is 54.9 Å². The van der Waals surface area contributed by atoms with Crippen LogP contribution in [0.3, 0.4) is 0 Å². The summed E-state index contributed by atoms with van der Waals surface area (Å²) in [5.41, 5.74) is 4.76. The molecule has 0 bridgehead atoms. The normalized spacial score (nSPS) is 11.8. The van der Waals surface area contributed by atoms with Crippen LogP contribution in [0.5, 0.6) is 0 Å². The number of aryl methyl sites for hydroxylation is 1. The maximum absolute atomic E-state index is 6.22. The van der Waals surface area contributed by atoms with Gasteiger partial charge in [-0.05, 0) is 42.0 Å². The van der Waals surface area contributed by atoms with Gasteiger partial charge in [-0.2, -0.15) is 0 Å². The molecule has 2 heterocycles. The maximum atomic E-state index is 6.22. The van der Waals surface area contributed by atoms with Crippen molar-refractivity contribution in [2.24, 2.45) is 0 Å². The molecule has 3 nitrogen and oxygen atoms in total. The number of para-hydroxylation sites is 1. The Bertz CT molecular complexity index is 1530. The molecule has 4 aromatic carbocycles. The lowest BCUT2D eigenvalue weighted by Gasteiger charge is -2.08. The zero-order chi connectivity index (χ0) is 18.7. The minimum Gasteiger partial charge on any atom is -0.456 e. The van der Waals surface area contributed by atoms with E-state index in [2.05, 4.69) is 53.5 Å². The first kappa shape index (κ1) is 15.3. The lowest BCUT2D eigenvalue weighted by molar-refractivity contribution is 0.669. The SMILES string of the molecule is Cc1nc(-c2cccc3oc4cc5ccccc5cc4c23)c2ccccc2n1. The number of hydrogen-bond donors (Lipinski definition) is 0. The minimum absolute atomic E-state index is 0.768. The monoisotopic (exact) mass is 360 g/mol. The third-order valence-corrected chi connectivity index (χ3v) is 5.33. The van der Waals surface area contributed by atoms with Gasteiger partial charge in [0, 0.05) is 21.7 Å². The summed E-state index contributed by atoms with van der Waals surface area (Å²) in [5, 5.41) is 5.65. The van der Waals surface area contributed by atoms with Crippen LogP contribution >= 0.6 is 0 Å². The van der Waals surface area contributed by atoms with Gasteiger partial charge in [0.05, 0.1) is 11.2 Å². The molecule has 0 aliphatic heterocycles. The number of nitrogens with zero attached hydrogens (tertiary/aromatic N) is 2. The number of rotatable bonds is 1. The van der Waals surface area contributed by atoms with E-state index in [1.807, 2.05) is 37.3 Å². The van der Waals surface area contributed by atoms with Crippen molar-refractivity contribution < 1.29 is 4.42 Å². The Hall–Kier alpha value is -3.72. The number of fused-ring (bicyclic) bond motifs is 5. The van der Waals surface area contributed by atoms with Gasteiger partial charge in [0.2, 0.25) is 0 Å². The standard InChI is InChI=1S/C25H16N2O/c1-15-26-21-11-5-4-9-18(21)25(27-15)19-10-6-12-22-24(19)20-13-16-7-2-3-8-17(16)14-23(20)28-22/h2-14H,1H3. The van der Waals surface area contributed by atoms with Gasteiger partial charge >= 0.3 is 0 Å². The summed E-state index contributed by atoms with van der Waals surface area (Å²) in [4.78, 5) is 9.42. The Morgan fingerprint density at radius 1 is 0.679 bits per heavy atom. The highest BCUT2D eigenvalue weighted by atomic mass is 16.3. The molecule has 0 spiro atoms. The van der Waals surface area contributed by atoms with Crippen LogP contribution in [0.1, 0.15) is 5.82 Å². The summed E-state index contributed by atoms with van der Waals surface area (Å²) in [6.45, 7) is 1.94. The third kappa shape index (κ3) is 2.16. The highest BCUT2D eigenvalue weighted by Gasteiger charge is 2.16. The Labute approximate surface area is 161 Å². The average molecular weight is 360 g/mol. The van der Waals surface area contributed by atoms with E-state index in [1.165, 1.54) is 10.8 Å². The second-order valence-electron chi connectivity index (χ2n) is 7.11. The Morgan fingerprint density at radius 3 is 2.36 bits per heavy atom. The topological polar surface area (TPSA) is 38.9 Å². The first-order valence-corrected chi connectivity index (χ1v) is 9.36. The Morgan fingerprint density at radius 2 is 1.46 bits per heavy atom. The van der Waals surface area contributed by atoms with Crippen molar-refractivity contribution in [3.63, 3.8) is 0 Å². The van der Waals surface area contributed by atoms with Crippen LogP contribution in [0.4, 0.5) is 0 Å². The largest absolute Gasteiger partial charge is 0.456 e. The first-order valence-electron chi connectivity index (χ1n) is 9.36. The molecule has 0 aliphatic rings. The first-order chi connectivity index (χ1) is 13.8. The van der Waals surface area contributed by atoms with Crippen molar-refractivity contribution in [2.45, 2.75) is 6.92 Å². The van der Waals surface area contributed by atoms with Gasteiger partial charge in [-0.25, -0.2) is 9.97 Å². The predicted molar refractivity (Wildman–Crippen MR) is 114 cm³/mol. The smallest absolute Gasteiger partial charge is 0.136 e. The Balaban J connectivity index is 1.78. The summed E-state index contributed by atoms with van der Waals surface area (Å²) in [5.74, 6) is 0.768. The van der Waals surface area contributed by atoms with E-state index in [-0.39, 0.29) is 0 Å². The number of hydrogen-bond acceptors (Lipinski definition) is 3. The lowest BCUT2D eigenvalue weighted by atomic mass is 9.99. The molecule has 3 heteroatoms. The zero-order valence-corrected chi connectivity index (χ0v) is 15.3. The summed E-state index contributed by atoms with van der Waals surface area (Å²) < 4.78 is 6.22. The van der Waals surface area contributed by atoms with Crippen LogP contribution in [-0.2, 0) is 0 Å². The molecule has 0 radical (unpaired) electrons. The molecule has 0 N–H and O–H groups in total. The predicted octanol–water partition coefficient (Wildman–Crippen LogP) is 6.66. The minimum atomic E-state index is 0.768. The molecule has 0 amide bonds. The molecule has 0 unspecified atom stereocenters.